The molecule has 1 saturated heterocycles. The molecule has 29 heavy (non-hydrogen) atoms. The Morgan fingerprint density at radius 2 is 1.97 bits per heavy atom. The van der Waals surface area contributed by atoms with E-state index in [1.54, 1.807) is 12.1 Å². The zero-order chi connectivity index (χ0) is 21.1. The van der Waals surface area contributed by atoms with E-state index < -0.39 is 23.7 Å². The van der Waals surface area contributed by atoms with Crippen LogP contribution in [0.5, 0.6) is 11.5 Å². The number of imide groups is 2. The summed E-state index contributed by atoms with van der Waals surface area (Å²) in [5.74, 6) is -1.32. The Kier molecular flexibility index (Phi) is 6.16. The Balaban J connectivity index is 2.04. The van der Waals surface area contributed by atoms with Gasteiger partial charge < -0.3 is 9.47 Å². The molecule has 0 aromatic heterocycles. The van der Waals surface area contributed by atoms with E-state index in [2.05, 4.69) is 27.9 Å². The smallest absolute Gasteiger partial charge is 0.335 e. The lowest BCUT2D eigenvalue weighted by Gasteiger charge is -2.26. The van der Waals surface area contributed by atoms with Crippen LogP contribution in [0.3, 0.4) is 0 Å². The summed E-state index contributed by atoms with van der Waals surface area (Å²) in [6.07, 6.45) is 1.34. The molecule has 7 nitrogen and oxygen atoms in total. The number of nitrogens with zero attached hydrogens (tertiary/aromatic N) is 1. The maximum absolute atomic E-state index is 13.5. The first kappa shape index (κ1) is 20.8. The van der Waals surface area contributed by atoms with Gasteiger partial charge in [-0.25, -0.2) is 14.1 Å². The zero-order valence-electron chi connectivity index (χ0n) is 15.5. The summed E-state index contributed by atoms with van der Waals surface area (Å²) in [6.45, 7) is 2.28. The standard InChI is InChI=1S/C20H16FIN2O5/c1-3-29-17-15(22)8-11(9-16(17)28-2)7-14-18(25)23-20(27)24(19(14)26)13-6-4-5-12(21)10-13/h4-10H,3H2,1-2H3,(H,23,25,27)/b14-7-. The van der Waals surface area contributed by atoms with Gasteiger partial charge in [-0.15, -0.1) is 0 Å². The Hall–Kier alpha value is -2.95. The van der Waals surface area contributed by atoms with E-state index in [0.717, 1.165) is 9.64 Å². The Morgan fingerprint density at radius 3 is 2.62 bits per heavy atom. The van der Waals surface area contributed by atoms with Gasteiger partial charge in [0.1, 0.15) is 11.4 Å². The van der Waals surface area contributed by atoms with Crippen molar-refractivity contribution in [2.45, 2.75) is 6.92 Å². The average molecular weight is 510 g/mol. The number of amides is 4. The van der Waals surface area contributed by atoms with Crippen LogP contribution >= 0.6 is 22.6 Å². The van der Waals surface area contributed by atoms with Gasteiger partial charge in [-0.3, -0.25) is 14.9 Å². The van der Waals surface area contributed by atoms with E-state index in [9.17, 15) is 18.8 Å². The molecule has 0 spiro atoms. The predicted molar refractivity (Wildman–Crippen MR) is 112 cm³/mol. The van der Waals surface area contributed by atoms with Crippen LogP contribution in [0.25, 0.3) is 6.08 Å². The molecule has 150 valence electrons. The molecule has 0 aliphatic carbocycles. The van der Waals surface area contributed by atoms with Crippen LogP contribution < -0.4 is 19.7 Å². The highest BCUT2D eigenvalue weighted by molar-refractivity contribution is 14.1. The molecule has 2 aromatic rings. The number of benzene rings is 2. The van der Waals surface area contributed by atoms with Gasteiger partial charge in [0.2, 0.25) is 0 Å². The lowest BCUT2D eigenvalue weighted by atomic mass is 10.1. The molecule has 0 saturated carbocycles. The second kappa shape index (κ2) is 8.60. The number of anilines is 1. The highest BCUT2D eigenvalue weighted by atomic mass is 127. The fourth-order valence-corrected chi connectivity index (χ4v) is 3.56. The van der Waals surface area contributed by atoms with E-state index in [-0.39, 0.29) is 11.3 Å². The number of methoxy groups -OCH3 is 1. The fraction of sp³-hybridized carbons (Fsp3) is 0.150. The summed E-state index contributed by atoms with van der Waals surface area (Å²) < 4.78 is 25.2. The number of hydrogen-bond donors (Lipinski definition) is 1. The fourth-order valence-electron chi connectivity index (χ4n) is 2.78. The van der Waals surface area contributed by atoms with E-state index >= 15 is 0 Å². The molecule has 4 amide bonds. The molecule has 2 aromatic carbocycles. The SMILES string of the molecule is CCOc1c(I)cc(/C=C2/C(=O)NC(=O)N(c3cccc(F)c3)C2=O)cc1OC. The topological polar surface area (TPSA) is 84.9 Å². The number of hydrogen-bond acceptors (Lipinski definition) is 5. The molecule has 9 heteroatoms. The number of carbonyl (C=O) groups excluding carboxylic acids is 3. The molecular formula is C20H16FIN2O5. The minimum absolute atomic E-state index is 0.0183. The summed E-state index contributed by atoms with van der Waals surface area (Å²) in [7, 11) is 1.48. The summed E-state index contributed by atoms with van der Waals surface area (Å²) in [6, 6.07) is 7.37. The van der Waals surface area contributed by atoms with Crippen molar-refractivity contribution in [2.75, 3.05) is 18.6 Å². The number of nitrogens with one attached hydrogen (secondary N) is 1. The first-order valence-electron chi connectivity index (χ1n) is 8.53. The second-order valence-electron chi connectivity index (χ2n) is 5.90. The molecule has 1 aliphatic heterocycles. The Bertz CT molecular complexity index is 1040. The maximum atomic E-state index is 13.5. The third-order valence-electron chi connectivity index (χ3n) is 4.02. The van der Waals surface area contributed by atoms with Crippen molar-refractivity contribution >= 4 is 52.2 Å². The number of rotatable bonds is 5. The molecule has 0 radical (unpaired) electrons. The van der Waals surface area contributed by atoms with Crippen molar-refractivity contribution < 1.29 is 28.2 Å². The van der Waals surface area contributed by atoms with Gasteiger partial charge >= 0.3 is 6.03 Å². The van der Waals surface area contributed by atoms with Crippen LogP contribution in [0.15, 0.2) is 42.0 Å². The van der Waals surface area contributed by atoms with Crippen LogP contribution in [0.4, 0.5) is 14.9 Å². The molecule has 1 aliphatic rings. The van der Waals surface area contributed by atoms with Crippen LogP contribution in [0.2, 0.25) is 0 Å². The van der Waals surface area contributed by atoms with Gasteiger partial charge in [0.15, 0.2) is 11.5 Å². The highest BCUT2D eigenvalue weighted by Gasteiger charge is 2.37. The monoisotopic (exact) mass is 510 g/mol. The van der Waals surface area contributed by atoms with Gasteiger partial charge in [0, 0.05) is 0 Å². The van der Waals surface area contributed by atoms with Crippen molar-refractivity contribution in [3.8, 4) is 11.5 Å². The van der Waals surface area contributed by atoms with Crippen LogP contribution in [-0.2, 0) is 9.59 Å². The summed E-state index contributed by atoms with van der Waals surface area (Å²) in [4.78, 5) is 38.1. The first-order valence-corrected chi connectivity index (χ1v) is 9.61. The summed E-state index contributed by atoms with van der Waals surface area (Å²) >= 11 is 2.06. The Morgan fingerprint density at radius 1 is 1.21 bits per heavy atom. The summed E-state index contributed by atoms with van der Waals surface area (Å²) in [5.41, 5.74) is 0.252. The maximum Gasteiger partial charge on any atom is 0.335 e. The molecule has 1 N–H and O–H groups in total. The van der Waals surface area contributed by atoms with Gasteiger partial charge in [-0.1, -0.05) is 6.07 Å². The molecule has 1 heterocycles. The zero-order valence-corrected chi connectivity index (χ0v) is 17.7. The molecule has 1 fully saturated rings. The van der Waals surface area contributed by atoms with Crippen LogP contribution in [-0.4, -0.2) is 31.6 Å². The average Bonchev–Trinajstić information content (AvgIpc) is 2.67. The normalized spacial score (nSPS) is 15.5. The van der Waals surface area contributed by atoms with Gasteiger partial charge in [-0.05, 0) is 71.5 Å². The quantitative estimate of drug-likeness (QED) is 0.378. The first-order chi connectivity index (χ1) is 13.8. The third kappa shape index (κ3) is 4.24. The van der Waals surface area contributed by atoms with Gasteiger partial charge in [0.05, 0.1) is 23.0 Å². The lowest BCUT2D eigenvalue weighted by molar-refractivity contribution is -0.122. The molecule has 3 rings (SSSR count). The number of barbiturate groups is 1. The lowest BCUT2D eigenvalue weighted by Crippen LogP contribution is -2.54. The van der Waals surface area contributed by atoms with Crippen molar-refractivity contribution in [1.82, 2.24) is 5.32 Å². The predicted octanol–water partition coefficient (Wildman–Crippen LogP) is 3.50. The minimum atomic E-state index is -0.943. The minimum Gasteiger partial charge on any atom is -0.493 e. The number of ether oxygens (including phenoxy) is 2. The van der Waals surface area contributed by atoms with E-state index in [1.807, 2.05) is 6.92 Å². The molecule has 0 unspecified atom stereocenters. The highest BCUT2D eigenvalue weighted by Crippen LogP contribution is 2.35. The molecule has 0 atom stereocenters. The Labute approximate surface area is 179 Å². The van der Waals surface area contributed by atoms with E-state index in [4.69, 9.17) is 9.47 Å². The van der Waals surface area contributed by atoms with Gasteiger partial charge in [0.25, 0.3) is 11.8 Å². The van der Waals surface area contributed by atoms with Crippen LogP contribution in [0.1, 0.15) is 12.5 Å². The molecule has 0 bridgehead atoms. The van der Waals surface area contributed by atoms with Crippen molar-refractivity contribution in [3.63, 3.8) is 0 Å². The van der Waals surface area contributed by atoms with Crippen molar-refractivity contribution in [2.24, 2.45) is 0 Å². The molecular weight excluding hydrogens is 494 g/mol. The number of halogens is 2. The number of carbonyl (C=O) groups is 3. The summed E-state index contributed by atoms with van der Waals surface area (Å²) in [5, 5.41) is 2.10. The van der Waals surface area contributed by atoms with Crippen LogP contribution in [0, 0.1) is 9.39 Å². The van der Waals surface area contributed by atoms with Crippen molar-refractivity contribution in [1.29, 1.82) is 0 Å². The number of urea groups is 1. The largest absolute Gasteiger partial charge is 0.493 e. The van der Waals surface area contributed by atoms with Gasteiger partial charge in [-0.2, -0.15) is 0 Å². The van der Waals surface area contributed by atoms with E-state index in [1.165, 1.54) is 31.4 Å². The second-order valence-corrected chi connectivity index (χ2v) is 7.07. The van der Waals surface area contributed by atoms with Crippen molar-refractivity contribution in [3.05, 3.63) is 56.9 Å². The van der Waals surface area contributed by atoms with E-state index in [0.29, 0.717) is 28.6 Å². The third-order valence-corrected chi connectivity index (χ3v) is 4.82.